The molecule has 114 valence electrons. The van der Waals surface area contributed by atoms with E-state index in [9.17, 15) is 8.42 Å². The Morgan fingerprint density at radius 1 is 1.24 bits per heavy atom. The van der Waals surface area contributed by atoms with Gasteiger partial charge in [-0.15, -0.1) is 11.3 Å². The third kappa shape index (κ3) is 4.10. The number of hydrogen-bond acceptors (Lipinski definition) is 5. The number of nitrogens with one attached hydrogen (secondary N) is 2. The fourth-order valence-electron chi connectivity index (χ4n) is 1.86. The first-order valence-corrected chi connectivity index (χ1v) is 8.87. The van der Waals surface area contributed by atoms with Crippen LogP contribution in [0, 0.1) is 13.8 Å². The summed E-state index contributed by atoms with van der Waals surface area (Å²) in [5.41, 5.74) is 2.13. The Hall–Kier alpha value is -1.28. The molecule has 2 aromatic rings. The quantitative estimate of drug-likeness (QED) is 0.852. The van der Waals surface area contributed by atoms with Crippen LogP contribution in [0.1, 0.15) is 20.9 Å². The van der Waals surface area contributed by atoms with E-state index >= 15 is 0 Å². The molecule has 2 aromatic heterocycles. The normalized spacial score (nSPS) is 11.8. The molecule has 0 spiro atoms. The molecule has 0 atom stereocenters. The monoisotopic (exact) mass is 325 g/mol. The minimum atomic E-state index is -3.57. The molecule has 0 bridgehead atoms. The molecule has 0 radical (unpaired) electrons. The van der Waals surface area contributed by atoms with Gasteiger partial charge < -0.3 is 5.32 Å². The molecule has 0 aliphatic carbocycles. The first kappa shape index (κ1) is 16.1. The number of thiophene rings is 1. The Morgan fingerprint density at radius 2 is 2.00 bits per heavy atom. The third-order valence-electron chi connectivity index (χ3n) is 3.11. The van der Waals surface area contributed by atoms with Gasteiger partial charge in [0, 0.05) is 29.0 Å². The zero-order chi connectivity index (χ0) is 15.5. The summed E-state index contributed by atoms with van der Waals surface area (Å²) in [4.78, 5) is 6.22. The van der Waals surface area contributed by atoms with Crippen LogP contribution in [0.15, 0.2) is 29.4 Å². The van der Waals surface area contributed by atoms with Crippen molar-refractivity contribution in [2.45, 2.75) is 32.0 Å². The summed E-state index contributed by atoms with van der Waals surface area (Å²) in [6.07, 6.45) is 1.57. The van der Waals surface area contributed by atoms with Crippen LogP contribution in [0.4, 0.5) is 0 Å². The smallest absolute Gasteiger partial charge is 0.258 e. The van der Waals surface area contributed by atoms with Crippen LogP contribution >= 0.6 is 11.3 Å². The molecule has 0 aromatic carbocycles. The predicted octanol–water partition coefficient (Wildman–Crippen LogP) is 1.96. The number of pyridine rings is 1. The molecule has 0 aliphatic heterocycles. The fraction of sp³-hybridized carbons (Fsp3) is 0.357. The van der Waals surface area contributed by atoms with E-state index in [1.807, 2.05) is 27.0 Å². The van der Waals surface area contributed by atoms with Gasteiger partial charge in [0.15, 0.2) is 5.03 Å². The Labute approximate surface area is 129 Å². The van der Waals surface area contributed by atoms with Crippen LogP contribution in [0.25, 0.3) is 0 Å². The topological polar surface area (TPSA) is 71.1 Å². The van der Waals surface area contributed by atoms with E-state index in [2.05, 4.69) is 15.0 Å². The molecule has 0 aliphatic rings. The van der Waals surface area contributed by atoms with Gasteiger partial charge in [-0.3, -0.25) is 0 Å². The molecule has 21 heavy (non-hydrogen) atoms. The van der Waals surface area contributed by atoms with Crippen LogP contribution in [-0.4, -0.2) is 20.4 Å². The lowest BCUT2D eigenvalue weighted by atomic mass is 10.3. The predicted molar refractivity (Wildman–Crippen MR) is 84.8 cm³/mol. The molecular weight excluding hydrogens is 306 g/mol. The van der Waals surface area contributed by atoms with E-state index < -0.39 is 10.0 Å². The highest BCUT2D eigenvalue weighted by Gasteiger charge is 2.15. The molecule has 2 rings (SSSR count). The average Bonchev–Trinajstić information content (AvgIpc) is 2.77. The summed E-state index contributed by atoms with van der Waals surface area (Å²) in [7, 11) is -1.74. The van der Waals surface area contributed by atoms with Crippen LogP contribution in [-0.2, 0) is 23.1 Å². The minimum absolute atomic E-state index is 0.0485. The fourth-order valence-corrected chi connectivity index (χ4v) is 3.87. The van der Waals surface area contributed by atoms with E-state index in [4.69, 9.17) is 0 Å². The van der Waals surface area contributed by atoms with Crippen LogP contribution < -0.4 is 10.0 Å². The second kappa shape index (κ2) is 6.65. The van der Waals surface area contributed by atoms with E-state index in [1.54, 1.807) is 23.6 Å². The van der Waals surface area contributed by atoms with Gasteiger partial charge in [0.2, 0.25) is 0 Å². The lowest BCUT2D eigenvalue weighted by Gasteiger charge is -2.06. The molecule has 2 heterocycles. The standard InChI is InChI=1S/C14H19N3O2S2/c1-10-6-13(20-11(10)2)9-17-21(18,19)14-5-4-12(7-15-3)8-16-14/h4-6,8,15,17H,7,9H2,1-3H3. The summed E-state index contributed by atoms with van der Waals surface area (Å²) in [5, 5.41) is 3.04. The lowest BCUT2D eigenvalue weighted by molar-refractivity contribution is 0.577. The van der Waals surface area contributed by atoms with Crippen molar-refractivity contribution in [3.8, 4) is 0 Å². The molecule has 0 unspecified atom stereocenters. The molecule has 0 fully saturated rings. The zero-order valence-corrected chi connectivity index (χ0v) is 13.9. The van der Waals surface area contributed by atoms with Gasteiger partial charge in [-0.1, -0.05) is 6.07 Å². The van der Waals surface area contributed by atoms with Gasteiger partial charge >= 0.3 is 0 Å². The number of rotatable bonds is 6. The Morgan fingerprint density at radius 3 is 2.52 bits per heavy atom. The Kier molecular flexibility index (Phi) is 5.10. The van der Waals surface area contributed by atoms with Crippen molar-refractivity contribution in [2.75, 3.05) is 7.05 Å². The summed E-state index contributed by atoms with van der Waals surface area (Å²) in [6.45, 7) is 5.00. The van der Waals surface area contributed by atoms with Crippen molar-refractivity contribution in [3.63, 3.8) is 0 Å². The molecule has 0 saturated carbocycles. The summed E-state index contributed by atoms with van der Waals surface area (Å²) in [6, 6.07) is 5.30. The molecular formula is C14H19N3O2S2. The van der Waals surface area contributed by atoms with Gasteiger partial charge in [-0.05, 0) is 44.2 Å². The summed E-state index contributed by atoms with van der Waals surface area (Å²) < 4.78 is 27.0. The second-order valence-corrected chi connectivity index (χ2v) is 7.87. The molecule has 2 N–H and O–H groups in total. The van der Waals surface area contributed by atoms with Crippen molar-refractivity contribution in [1.82, 2.24) is 15.0 Å². The second-order valence-electron chi connectivity index (χ2n) is 4.81. The zero-order valence-electron chi connectivity index (χ0n) is 12.3. The van der Waals surface area contributed by atoms with Crippen molar-refractivity contribution in [2.24, 2.45) is 0 Å². The van der Waals surface area contributed by atoms with Crippen molar-refractivity contribution in [1.29, 1.82) is 0 Å². The van der Waals surface area contributed by atoms with Gasteiger partial charge in [0.25, 0.3) is 10.0 Å². The maximum Gasteiger partial charge on any atom is 0.258 e. The van der Waals surface area contributed by atoms with E-state index in [0.29, 0.717) is 13.1 Å². The Balaban J connectivity index is 2.07. The van der Waals surface area contributed by atoms with Crippen LogP contribution in [0.5, 0.6) is 0 Å². The minimum Gasteiger partial charge on any atom is -0.316 e. The molecule has 0 saturated heterocycles. The molecule has 0 amide bonds. The van der Waals surface area contributed by atoms with Gasteiger partial charge in [-0.25, -0.2) is 18.1 Å². The van der Waals surface area contributed by atoms with E-state index in [-0.39, 0.29) is 5.03 Å². The molecule has 5 nitrogen and oxygen atoms in total. The van der Waals surface area contributed by atoms with E-state index in [1.165, 1.54) is 16.5 Å². The van der Waals surface area contributed by atoms with Gasteiger partial charge in [-0.2, -0.15) is 0 Å². The SMILES string of the molecule is CNCc1ccc(S(=O)(=O)NCc2cc(C)c(C)s2)nc1. The van der Waals surface area contributed by atoms with Crippen LogP contribution in [0.2, 0.25) is 0 Å². The number of aryl methyl sites for hydroxylation is 2. The maximum absolute atomic E-state index is 12.2. The maximum atomic E-state index is 12.2. The Bertz CT molecular complexity index is 687. The highest BCUT2D eigenvalue weighted by molar-refractivity contribution is 7.89. The van der Waals surface area contributed by atoms with Gasteiger partial charge in [0.05, 0.1) is 0 Å². The van der Waals surface area contributed by atoms with Crippen LogP contribution in [0.3, 0.4) is 0 Å². The first-order chi connectivity index (χ1) is 9.92. The third-order valence-corrected chi connectivity index (χ3v) is 5.58. The van der Waals surface area contributed by atoms with Crippen molar-refractivity contribution in [3.05, 3.63) is 45.3 Å². The van der Waals surface area contributed by atoms with Gasteiger partial charge in [0.1, 0.15) is 0 Å². The van der Waals surface area contributed by atoms with Crippen molar-refractivity contribution >= 4 is 21.4 Å². The molecule has 7 heteroatoms. The number of nitrogens with zero attached hydrogens (tertiary/aromatic N) is 1. The lowest BCUT2D eigenvalue weighted by Crippen LogP contribution is -2.23. The largest absolute Gasteiger partial charge is 0.316 e. The number of sulfonamides is 1. The van der Waals surface area contributed by atoms with E-state index in [0.717, 1.165) is 10.4 Å². The highest BCUT2D eigenvalue weighted by atomic mass is 32.2. The number of hydrogen-bond donors (Lipinski definition) is 2. The summed E-state index contributed by atoms with van der Waals surface area (Å²) in [5.74, 6) is 0. The average molecular weight is 325 g/mol. The first-order valence-electron chi connectivity index (χ1n) is 6.57. The summed E-state index contributed by atoms with van der Waals surface area (Å²) >= 11 is 1.60. The number of aromatic nitrogens is 1. The highest BCUT2D eigenvalue weighted by Crippen LogP contribution is 2.20. The van der Waals surface area contributed by atoms with Crippen molar-refractivity contribution < 1.29 is 8.42 Å².